The lowest BCUT2D eigenvalue weighted by Crippen LogP contribution is -2.53. The predicted octanol–water partition coefficient (Wildman–Crippen LogP) is 1.33. The average molecular weight is 253 g/mol. The fourth-order valence-corrected chi connectivity index (χ4v) is 1.93. The first-order valence-corrected chi connectivity index (χ1v) is 5.76. The predicted molar refractivity (Wildman–Crippen MR) is 57.7 cm³/mol. The van der Waals surface area contributed by atoms with Crippen LogP contribution in [0, 0.1) is 0 Å². The number of alkyl halides is 3. The van der Waals surface area contributed by atoms with Crippen LogP contribution in [0.2, 0.25) is 0 Å². The zero-order valence-corrected chi connectivity index (χ0v) is 9.81. The Balaban J connectivity index is 2.66. The van der Waals surface area contributed by atoms with Gasteiger partial charge in [-0.3, -0.25) is 0 Å². The van der Waals surface area contributed by atoms with Gasteiger partial charge in [-0.15, -0.1) is 0 Å². The van der Waals surface area contributed by atoms with Gasteiger partial charge < -0.3 is 15.5 Å². The molecule has 0 bridgehead atoms. The topological polar surface area (TPSA) is 44.4 Å². The van der Waals surface area contributed by atoms with E-state index in [1.165, 1.54) is 0 Å². The van der Waals surface area contributed by atoms with E-state index in [9.17, 15) is 18.0 Å². The van der Waals surface area contributed by atoms with E-state index in [2.05, 4.69) is 10.6 Å². The third-order valence-electron chi connectivity index (χ3n) is 2.69. The molecule has 0 aromatic heterocycles. The first-order chi connectivity index (χ1) is 7.94. The second kappa shape index (κ2) is 6.09. The first-order valence-electron chi connectivity index (χ1n) is 5.76. The summed E-state index contributed by atoms with van der Waals surface area (Å²) in [5.74, 6) is 0. The number of carbonyl (C=O) groups is 1. The van der Waals surface area contributed by atoms with Gasteiger partial charge in [-0.2, -0.15) is 13.2 Å². The zero-order chi connectivity index (χ0) is 12.9. The normalized spacial score (nSPS) is 17.9. The number of urea groups is 1. The van der Waals surface area contributed by atoms with Gasteiger partial charge in [0.1, 0.15) is 6.54 Å². The minimum Gasteiger partial charge on any atom is -0.338 e. The highest BCUT2D eigenvalue weighted by atomic mass is 19.4. The van der Waals surface area contributed by atoms with E-state index in [0.29, 0.717) is 32.5 Å². The van der Waals surface area contributed by atoms with Gasteiger partial charge in [0, 0.05) is 12.6 Å². The minimum atomic E-state index is -4.35. The van der Waals surface area contributed by atoms with Gasteiger partial charge in [-0.1, -0.05) is 0 Å². The molecule has 0 saturated carbocycles. The molecule has 1 fully saturated rings. The van der Waals surface area contributed by atoms with Crippen LogP contribution in [0.1, 0.15) is 19.8 Å². The van der Waals surface area contributed by atoms with Crippen molar-refractivity contribution < 1.29 is 18.0 Å². The molecule has 1 heterocycles. The monoisotopic (exact) mass is 253 g/mol. The van der Waals surface area contributed by atoms with Crippen LogP contribution in [-0.4, -0.2) is 49.3 Å². The summed E-state index contributed by atoms with van der Waals surface area (Å²) in [6.45, 7) is 2.14. The third-order valence-corrected chi connectivity index (χ3v) is 2.69. The van der Waals surface area contributed by atoms with Gasteiger partial charge >= 0.3 is 12.2 Å². The Hall–Kier alpha value is -0.980. The minimum absolute atomic E-state index is 0.329. The summed E-state index contributed by atoms with van der Waals surface area (Å²) in [6.07, 6.45) is -3.23. The summed E-state index contributed by atoms with van der Waals surface area (Å²) >= 11 is 0. The Kier molecular flexibility index (Phi) is 5.04. The van der Waals surface area contributed by atoms with Crippen LogP contribution in [0.5, 0.6) is 0 Å². The van der Waals surface area contributed by atoms with Crippen LogP contribution < -0.4 is 10.6 Å². The second-order valence-corrected chi connectivity index (χ2v) is 4.06. The molecule has 0 aromatic rings. The second-order valence-electron chi connectivity index (χ2n) is 4.06. The molecule has 2 N–H and O–H groups in total. The largest absolute Gasteiger partial charge is 0.406 e. The average Bonchev–Trinajstić information content (AvgIpc) is 2.26. The first kappa shape index (κ1) is 14.1. The van der Waals surface area contributed by atoms with E-state index in [4.69, 9.17) is 0 Å². The molecule has 2 amide bonds. The zero-order valence-electron chi connectivity index (χ0n) is 9.81. The van der Waals surface area contributed by atoms with E-state index in [1.807, 2.05) is 0 Å². The quantitative estimate of drug-likeness (QED) is 0.797. The van der Waals surface area contributed by atoms with Crippen molar-refractivity contribution in [3.63, 3.8) is 0 Å². The van der Waals surface area contributed by atoms with Gasteiger partial charge in [0.2, 0.25) is 0 Å². The number of amides is 2. The van der Waals surface area contributed by atoms with Crippen LogP contribution in [-0.2, 0) is 0 Å². The number of rotatable bonds is 3. The van der Waals surface area contributed by atoms with Crippen molar-refractivity contribution in [2.75, 3.05) is 26.2 Å². The van der Waals surface area contributed by atoms with E-state index < -0.39 is 18.8 Å². The highest BCUT2D eigenvalue weighted by Crippen LogP contribution is 2.21. The summed E-state index contributed by atoms with van der Waals surface area (Å²) < 4.78 is 37.3. The van der Waals surface area contributed by atoms with Crippen LogP contribution >= 0.6 is 0 Å². The van der Waals surface area contributed by atoms with Crippen molar-refractivity contribution in [2.45, 2.75) is 32.0 Å². The van der Waals surface area contributed by atoms with Gasteiger partial charge in [-0.05, 0) is 32.9 Å². The van der Waals surface area contributed by atoms with Gasteiger partial charge in [0.05, 0.1) is 0 Å². The van der Waals surface area contributed by atoms with Gasteiger partial charge in [0.15, 0.2) is 0 Å². The molecule has 0 spiro atoms. The summed E-state index contributed by atoms with van der Waals surface area (Å²) in [4.78, 5) is 12.5. The van der Waals surface area contributed by atoms with Crippen molar-refractivity contribution in [2.24, 2.45) is 0 Å². The number of piperidine rings is 1. The number of hydrogen-bond acceptors (Lipinski definition) is 2. The number of nitrogens with zero attached hydrogens (tertiary/aromatic N) is 1. The summed E-state index contributed by atoms with van der Waals surface area (Å²) in [7, 11) is 0. The highest BCUT2D eigenvalue weighted by Gasteiger charge is 2.36. The fraction of sp³-hybridized carbons (Fsp3) is 0.900. The molecule has 1 saturated heterocycles. The molecule has 100 valence electrons. The maximum atomic E-state index is 12.4. The molecule has 17 heavy (non-hydrogen) atoms. The highest BCUT2D eigenvalue weighted by molar-refractivity contribution is 5.74. The van der Waals surface area contributed by atoms with E-state index in [1.54, 1.807) is 6.92 Å². The summed E-state index contributed by atoms with van der Waals surface area (Å²) in [5, 5.41) is 5.50. The number of hydrogen-bond donors (Lipinski definition) is 2. The molecule has 0 radical (unpaired) electrons. The van der Waals surface area contributed by atoms with Crippen molar-refractivity contribution in [1.82, 2.24) is 15.5 Å². The molecule has 1 aliphatic rings. The lowest BCUT2D eigenvalue weighted by Gasteiger charge is -2.35. The molecule has 0 unspecified atom stereocenters. The number of nitrogens with one attached hydrogen (secondary N) is 2. The van der Waals surface area contributed by atoms with E-state index >= 15 is 0 Å². The lowest BCUT2D eigenvalue weighted by molar-refractivity contribution is -0.144. The van der Waals surface area contributed by atoms with Crippen LogP contribution in [0.25, 0.3) is 0 Å². The summed E-state index contributed by atoms with van der Waals surface area (Å²) in [5.41, 5.74) is 0. The molecule has 0 aromatic carbocycles. The van der Waals surface area contributed by atoms with Crippen molar-refractivity contribution >= 4 is 6.03 Å². The van der Waals surface area contributed by atoms with Crippen LogP contribution in [0.3, 0.4) is 0 Å². The van der Waals surface area contributed by atoms with E-state index in [0.717, 1.165) is 4.90 Å². The summed E-state index contributed by atoms with van der Waals surface area (Å²) in [6, 6.07) is -0.957. The molecule has 0 atom stereocenters. The fourth-order valence-electron chi connectivity index (χ4n) is 1.93. The van der Waals surface area contributed by atoms with Crippen LogP contribution in [0.15, 0.2) is 0 Å². The van der Waals surface area contributed by atoms with Crippen molar-refractivity contribution in [1.29, 1.82) is 0 Å². The maximum absolute atomic E-state index is 12.4. The smallest absolute Gasteiger partial charge is 0.338 e. The maximum Gasteiger partial charge on any atom is 0.406 e. The Morgan fingerprint density at radius 2 is 2.00 bits per heavy atom. The SMILES string of the molecule is CCNC(=O)N(CC(F)(F)F)C1CCNCC1. The third kappa shape index (κ3) is 4.80. The van der Waals surface area contributed by atoms with Crippen molar-refractivity contribution in [3.05, 3.63) is 0 Å². The molecule has 7 heteroatoms. The molecular weight excluding hydrogens is 235 g/mol. The molecule has 1 rings (SSSR count). The van der Waals surface area contributed by atoms with Gasteiger partial charge in [-0.25, -0.2) is 4.79 Å². The lowest BCUT2D eigenvalue weighted by atomic mass is 10.1. The standard InChI is InChI=1S/C10H18F3N3O/c1-2-15-9(17)16(7-10(11,12)13)8-3-5-14-6-4-8/h8,14H,2-7H2,1H3,(H,15,17). The Morgan fingerprint density at radius 1 is 1.41 bits per heavy atom. The number of carbonyl (C=O) groups excluding carboxylic acids is 1. The molecule has 1 aliphatic heterocycles. The molecule has 0 aliphatic carbocycles. The Morgan fingerprint density at radius 3 is 2.47 bits per heavy atom. The van der Waals surface area contributed by atoms with E-state index in [-0.39, 0.29) is 6.04 Å². The molecule has 4 nitrogen and oxygen atoms in total. The van der Waals surface area contributed by atoms with Gasteiger partial charge in [0.25, 0.3) is 0 Å². The Labute approximate surface area is 98.5 Å². The van der Waals surface area contributed by atoms with Crippen molar-refractivity contribution in [3.8, 4) is 0 Å². The number of halogens is 3. The molecular formula is C10H18F3N3O. The van der Waals surface area contributed by atoms with Crippen LogP contribution in [0.4, 0.5) is 18.0 Å². The Bertz CT molecular complexity index is 252.